The summed E-state index contributed by atoms with van der Waals surface area (Å²) in [6, 6.07) is 5.28. The largest absolute Gasteiger partial charge is 0.481 e. The Morgan fingerprint density at radius 3 is 3.07 bits per heavy atom. The molecule has 2 rings (SSSR count). The number of oxazole rings is 1. The fourth-order valence-corrected chi connectivity index (χ4v) is 1.39. The lowest BCUT2D eigenvalue weighted by Gasteiger charge is -2.05. The Hall–Kier alpha value is -1.84. The fraction of sp³-hybridized carbons (Fsp3) is 0.200. The summed E-state index contributed by atoms with van der Waals surface area (Å²) in [7, 11) is 0. The molecule has 1 atom stereocenters. The Kier molecular flexibility index (Phi) is 1.96. The molecule has 0 fully saturated rings. The second-order valence-corrected chi connectivity index (χ2v) is 3.11. The summed E-state index contributed by atoms with van der Waals surface area (Å²) in [6.07, 6.45) is 1.32. The predicted octanol–water partition coefficient (Wildman–Crippen LogP) is 2.02. The van der Waals surface area contributed by atoms with E-state index in [0.717, 1.165) is 0 Å². The van der Waals surface area contributed by atoms with Crippen molar-refractivity contribution in [1.82, 2.24) is 4.98 Å². The molecule has 14 heavy (non-hydrogen) atoms. The molecule has 0 spiro atoms. The van der Waals surface area contributed by atoms with Gasteiger partial charge in [-0.2, -0.15) is 0 Å². The van der Waals surface area contributed by atoms with Gasteiger partial charge in [0.05, 0.1) is 5.92 Å². The zero-order chi connectivity index (χ0) is 10.1. The van der Waals surface area contributed by atoms with Crippen molar-refractivity contribution in [3.63, 3.8) is 0 Å². The van der Waals surface area contributed by atoms with Crippen molar-refractivity contribution in [2.45, 2.75) is 12.8 Å². The highest BCUT2D eigenvalue weighted by molar-refractivity contribution is 5.84. The number of benzene rings is 1. The molecule has 0 aliphatic carbocycles. The number of fused-ring (bicyclic) bond motifs is 1. The monoisotopic (exact) mass is 191 g/mol. The molecule has 1 aromatic carbocycles. The van der Waals surface area contributed by atoms with Gasteiger partial charge < -0.3 is 9.52 Å². The van der Waals surface area contributed by atoms with Crippen molar-refractivity contribution in [3.8, 4) is 0 Å². The van der Waals surface area contributed by atoms with Crippen molar-refractivity contribution < 1.29 is 14.3 Å². The lowest BCUT2D eigenvalue weighted by Crippen LogP contribution is -2.07. The molecule has 1 heterocycles. The van der Waals surface area contributed by atoms with E-state index >= 15 is 0 Å². The van der Waals surface area contributed by atoms with E-state index in [-0.39, 0.29) is 0 Å². The van der Waals surface area contributed by atoms with Gasteiger partial charge in [0.15, 0.2) is 12.0 Å². The van der Waals surface area contributed by atoms with Crippen LogP contribution >= 0.6 is 0 Å². The maximum atomic E-state index is 10.8. The lowest BCUT2D eigenvalue weighted by atomic mass is 10.0. The maximum absolute atomic E-state index is 10.8. The number of carbonyl (C=O) groups is 1. The second kappa shape index (κ2) is 3.14. The molecule has 1 N–H and O–H groups in total. The van der Waals surface area contributed by atoms with Crippen LogP contribution in [0.5, 0.6) is 0 Å². The van der Waals surface area contributed by atoms with E-state index in [0.29, 0.717) is 16.7 Å². The molecule has 72 valence electrons. The van der Waals surface area contributed by atoms with Crippen molar-refractivity contribution in [2.75, 3.05) is 0 Å². The van der Waals surface area contributed by atoms with Crippen LogP contribution in [0.2, 0.25) is 0 Å². The lowest BCUT2D eigenvalue weighted by molar-refractivity contribution is -0.138. The third-order valence-corrected chi connectivity index (χ3v) is 2.23. The van der Waals surface area contributed by atoms with Crippen LogP contribution in [-0.2, 0) is 4.79 Å². The number of carboxylic acids is 1. The Bertz CT molecular complexity index is 475. The van der Waals surface area contributed by atoms with Gasteiger partial charge in [-0.05, 0) is 18.6 Å². The summed E-state index contributed by atoms with van der Waals surface area (Å²) in [5.74, 6) is -1.43. The number of carboxylic acid groups (broad SMARTS) is 1. The number of para-hydroxylation sites is 1. The SMILES string of the molecule is C[C@H](C(=O)O)c1cccc2ocnc12. The van der Waals surface area contributed by atoms with Gasteiger partial charge in [0.25, 0.3) is 0 Å². The Labute approximate surface area is 80.2 Å². The molecular formula is C10H9NO3. The van der Waals surface area contributed by atoms with Gasteiger partial charge in [-0.1, -0.05) is 12.1 Å². The van der Waals surface area contributed by atoms with Crippen LogP contribution in [0.15, 0.2) is 29.0 Å². The van der Waals surface area contributed by atoms with Crippen LogP contribution in [0.25, 0.3) is 11.1 Å². The van der Waals surface area contributed by atoms with E-state index in [1.54, 1.807) is 25.1 Å². The Morgan fingerprint density at radius 2 is 2.36 bits per heavy atom. The number of aliphatic carboxylic acids is 1. The third kappa shape index (κ3) is 1.25. The summed E-state index contributed by atoms with van der Waals surface area (Å²) in [6.45, 7) is 1.63. The quantitative estimate of drug-likeness (QED) is 0.788. The van der Waals surface area contributed by atoms with Gasteiger partial charge in [0.1, 0.15) is 5.52 Å². The van der Waals surface area contributed by atoms with Crippen LogP contribution in [0.1, 0.15) is 18.4 Å². The van der Waals surface area contributed by atoms with E-state index in [4.69, 9.17) is 9.52 Å². The van der Waals surface area contributed by atoms with Gasteiger partial charge in [0.2, 0.25) is 0 Å². The molecule has 0 amide bonds. The number of aromatic nitrogens is 1. The van der Waals surface area contributed by atoms with Crippen LogP contribution in [0.3, 0.4) is 0 Å². The molecule has 4 nitrogen and oxygen atoms in total. The smallest absolute Gasteiger partial charge is 0.310 e. The second-order valence-electron chi connectivity index (χ2n) is 3.11. The Balaban J connectivity index is 2.61. The molecule has 0 radical (unpaired) electrons. The third-order valence-electron chi connectivity index (χ3n) is 2.23. The first kappa shape index (κ1) is 8.74. The van der Waals surface area contributed by atoms with E-state index < -0.39 is 11.9 Å². The number of nitrogens with zero attached hydrogens (tertiary/aromatic N) is 1. The number of rotatable bonds is 2. The van der Waals surface area contributed by atoms with Crippen LogP contribution < -0.4 is 0 Å². The van der Waals surface area contributed by atoms with Gasteiger partial charge in [0, 0.05) is 0 Å². The van der Waals surface area contributed by atoms with Crippen LogP contribution in [0.4, 0.5) is 0 Å². The summed E-state index contributed by atoms with van der Waals surface area (Å²) in [5, 5.41) is 8.87. The number of hydrogen-bond donors (Lipinski definition) is 1. The number of hydrogen-bond acceptors (Lipinski definition) is 3. The van der Waals surface area contributed by atoms with Crippen molar-refractivity contribution in [3.05, 3.63) is 30.2 Å². The van der Waals surface area contributed by atoms with Crippen molar-refractivity contribution in [2.24, 2.45) is 0 Å². The molecule has 0 saturated heterocycles. The van der Waals surface area contributed by atoms with Crippen molar-refractivity contribution in [1.29, 1.82) is 0 Å². The molecule has 0 bridgehead atoms. The van der Waals surface area contributed by atoms with Crippen LogP contribution in [0, 0.1) is 0 Å². The molecule has 0 unspecified atom stereocenters. The minimum absolute atomic E-state index is 0.566. The summed E-state index contributed by atoms with van der Waals surface area (Å²) in [4.78, 5) is 14.8. The van der Waals surface area contributed by atoms with Gasteiger partial charge in [-0.25, -0.2) is 4.98 Å². The normalized spacial score (nSPS) is 12.9. The Morgan fingerprint density at radius 1 is 1.57 bits per heavy atom. The topological polar surface area (TPSA) is 63.3 Å². The zero-order valence-electron chi connectivity index (χ0n) is 7.60. The van der Waals surface area contributed by atoms with Crippen LogP contribution in [-0.4, -0.2) is 16.1 Å². The highest BCUT2D eigenvalue weighted by Gasteiger charge is 2.17. The highest BCUT2D eigenvalue weighted by atomic mass is 16.4. The van der Waals surface area contributed by atoms with Crippen molar-refractivity contribution >= 4 is 17.1 Å². The summed E-state index contributed by atoms with van der Waals surface area (Å²) < 4.78 is 5.08. The molecule has 2 aromatic rings. The molecule has 4 heteroatoms. The fourth-order valence-electron chi connectivity index (χ4n) is 1.39. The highest BCUT2D eigenvalue weighted by Crippen LogP contribution is 2.24. The molecule has 0 aliphatic rings. The van der Waals surface area contributed by atoms with Gasteiger partial charge in [-0.3, -0.25) is 4.79 Å². The first-order valence-electron chi connectivity index (χ1n) is 4.25. The molecular weight excluding hydrogens is 182 g/mol. The molecule has 0 aliphatic heterocycles. The van der Waals surface area contributed by atoms with Gasteiger partial charge >= 0.3 is 5.97 Å². The van der Waals surface area contributed by atoms with E-state index in [1.165, 1.54) is 6.39 Å². The average Bonchev–Trinajstić information content (AvgIpc) is 2.63. The van der Waals surface area contributed by atoms with E-state index in [2.05, 4.69) is 4.98 Å². The summed E-state index contributed by atoms with van der Waals surface area (Å²) in [5.41, 5.74) is 1.93. The predicted molar refractivity (Wildman–Crippen MR) is 50.1 cm³/mol. The average molecular weight is 191 g/mol. The maximum Gasteiger partial charge on any atom is 0.310 e. The molecule has 1 aromatic heterocycles. The molecule has 0 saturated carbocycles. The first-order chi connectivity index (χ1) is 6.70. The standard InChI is InChI=1S/C10H9NO3/c1-6(10(12)13)7-3-2-4-8-9(7)11-5-14-8/h2-6H,1H3,(H,12,13)/t6-/m0/s1. The van der Waals surface area contributed by atoms with E-state index in [1.807, 2.05) is 0 Å². The minimum Gasteiger partial charge on any atom is -0.481 e. The van der Waals surface area contributed by atoms with E-state index in [9.17, 15) is 4.79 Å². The summed E-state index contributed by atoms with van der Waals surface area (Å²) >= 11 is 0. The zero-order valence-corrected chi connectivity index (χ0v) is 7.60. The minimum atomic E-state index is -0.861. The first-order valence-corrected chi connectivity index (χ1v) is 4.25. The van der Waals surface area contributed by atoms with Gasteiger partial charge in [-0.15, -0.1) is 0 Å².